The van der Waals surface area contributed by atoms with Crippen LogP contribution in [0.4, 0.5) is 0 Å². The summed E-state index contributed by atoms with van der Waals surface area (Å²) < 4.78 is 24.4. The third-order valence-corrected chi connectivity index (χ3v) is 5.84. The van der Waals surface area contributed by atoms with E-state index < -0.39 is 9.84 Å². The molecule has 90 valence electrons. The molecular weight excluding hydrogens is 289 g/mol. The van der Waals surface area contributed by atoms with E-state index in [-0.39, 0.29) is 23.6 Å². The molecule has 2 heterocycles. The lowest BCUT2D eigenvalue weighted by atomic mass is 10.1. The van der Waals surface area contributed by atoms with Gasteiger partial charge in [-0.3, -0.25) is 0 Å². The highest BCUT2D eigenvalue weighted by atomic mass is 35.5. The number of hydrogen-bond acceptors (Lipinski definition) is 4. The number of rotatable bonds is 1. The number of nitrogens with one attached hydrogen (secondary N) is 1. The smallest absolute Gasteiger partial charge is 0.153 e. The molecule has 1 fully saturated rings. The normalized spacial score (nSPS) is 29.2. The Balaban J connectivity index is 2.31. The average Bonchev–Trinajstić information content (AvgIpc) is 2.41. The minimum atomic E-state index is -3.00. The summed E-state index contributed by atoms with van der Waals surface area (Å²) in [4.78, 5) is 0. The summed E-state index contributed by atoms with van der Waals surface area (Å²) in [5.41, 5.74) is 0.784. The van der Waals surface area contributed by atoms with Crippen molar-refractivity contribution in [1.82, 2.24) is 5.32 Å². The van der Waals surface area contributed by atoms with Gasteiger partial charge >= 0.3 is 0 Å². The molecule has 1 aromatic heterocycles. The molecule has 1 aromatic rings. The minimum Gasteiger partial charge on any atom is -0.305 e. The molecular formula is C9H11Cl2NO2S2. The van der Waals surface area contributed by atoms with Crippen LogP contribution in [0.5, 0.6) is 0 Å². The van der Waals surface area contributed by atoms with Crippen LogP contribution < -0.4 is 5.32 Å². The maximum atomic E-state index is 11.7. The van der Waals surface area contributed by atoms with E-state index in [0.29, 0.717) is 8.67 Å². The molecule has 7 heteroatoms. The van der Waals surface area contributed by atoms with E-state index in [2.05, 4.69) is 5.32 Å². The first-order chi connectivity index (χ1) is 7.37. The maximum absolute atomic E-state index is 11.7. The summed E-state index contributed by atoms with van der Waals surface area (Å²) >= 11 is 13.1. The fourth-order valence-corrected chi connectivity index (χ4v) is 5.27. The molecule has 1 N–H and O–H groups in total. The monoisotopic (exact) mass is 299 g/mol. The molecule has 1 aliphatic heterocycles. The summed E-state index contributed by atoms with van der Waals surface area (Å²) in [5, 5.41) is 3.23. The van der Waals surface area contributed by atoms with Crippen molar-refractivity contribution in [3.8, 4) is 0 Å². The molecule has 2 unspecified atom stereocenters. The van der Waals surface area contributed by atoms with Crippen LogP contribution in [0.1, 0.15) is 18.5 Å². The molecule has 0 bridgehead atoms. The lowest BCUT2D eigenvalue weighted by molar-refractivity contribution is 0.469. The first-order valence-corrected chi connectivity index (χ1v) is 8.18. The van der Waals surface area contributed by atoms with Crippen LogP contribution in [-0.4, -0.2) is 26.0 Å². The Bertz CT molecular complexity index is 498. The topological polar surface area (TPSA) is 46.2 Å². The van der Waals surface area contributed by atoms with E-state index in [0.717, 1.165) is 5.56 Å². The van der Waals surface area contributed by atoms with Gasteiger partial charge in [-0.2, -0.15) is 0 Å². The molecule has 2 atom stereocenters. The van der Waals surface area contributed by atoms with E-state index in [1.807, 2.05) is 6.92 Å². The molecule has 1 aliphatic rings. The number of hydrogen-bond donors (Lipinski definition) is 1. The van der Waals surface area contributed by atoms with Gasteiger partial charge in [0.1, 0.15) is 0 Å². The third kappa shape index (κ3) is 2.71. The van der Waals surface area contributed by atoms with E-state index >= 15 is 0 Å². The van der Waals surface area contributed by atoms with Crippen molar-refractivity contribution in [3.63, 3.8) is 0 Å². The van der Waals surface area contributed by atoms with E-state index in [4.69, 9.17) is 23.2 Å². The highest BCUT2D eigenvalue weighted by Crippen LogP contribution is 2.36. The highest BCUT2D eigenvalue weighted by molar-refractivity contribution is 7.91. The third-order valence-electron chi connectivity index (χ3n) is 2.47. The Morgan fingerprint density at radius 2 is 2.12 bits per heavy atom. The van der Waals surface area contributed by atoms with Gasteiger partial charge in [0.2, 0.25) is 0 Å². The summed E-state index contributed by atoms with van der Waals surface area (Å²) in [6.45, 7) is 1.85. The summed E-state index contributed by atoms with van der Waals surface area (Å²) in [7, 11) is -3.00. The molecule has 0 spiro atoms. The van der Waals surface area contributed by atoms with Crippen LogP contribution in [0.25, 0.3) is 0 Å². The van der Waals surface area contributed by atoms with Crippen molar-refractivity contribution in [2.24, 2.45) is 0 Å². The lowest BCUT2D eigenvalue weighted by Crippen LogP contribution is -2.45. The van der Waals surface area contributed by atoms with Gasteiger partial charge in [0.05, 0.1) is 20.2 Å². The van der Waals surface area contributed by atoms with Gasteiger partial charge in [0, 0.05) is 17.6 Å². The second kappa shape index (κ2) is 4.46. The Labute approximate surface area is 109 Å². The zero-order valence-corrected chi connectivity index (χ0v) is 11.7. The summed E-state index contributed by atoms with van der Waals surface area (Å²) in [6.07, 6.45) is 0. The second-order valence-corrected chi connectivity index (χ2v) is 8.42. The molecule has 0 radical (unpaired) electrons. The van der Waals surface area contributed by atoms with E-state index in [1.54, 1.807) is 6.07 Å². The fraction of sp³-hybridized carbons (Fsp3) is 0.556. The fourth-order valence-electron chi connectivity index (χ4n) is 1.91. The van der Waals surface area contributed by atoms with Crippen molar-refractivity contribution in [2.45, 2.75) is 19.0 Å². The minimum absolute atomic E-state index is 0.0570. The largest absolute Gasteiger partial charge is 0.305 e. The zero-order valence-electron chi connectivity index (χ0n) is 8.54. The zero-order chi connectivity index (χ0) is 11.9. The lowest BCUT2D eigenvalue weighted by Gasteiger charge is -2.28. The van der Waals surface area contributed by atoms with Crippen LogP contribution in [-0.2, 0) is 9.84 Å². The van der Waals surface area contributed by atoms with Crippen molar-refractivity contribution in [1.29, 1.82) is 0 Å². The average molecular weight is 300 g/mol. The number of halogens is 2. The summed E-state index contributed by atoms with van der Waals surface area (Å²) in [5.74, 6) is 0.267. The number of thiophene rings is 1. The standard InChI is InChI=1S/C9H11Cl2NO2S2/c1-5-3-16(13,14)4-7(12-5)6-2-8(10)15-9(6)11/h2,5,7,12H,3-4H2,1H3. The van der Waals surface area contributed by atoms with Crippen LogP contribution in [0, 0.1) is 0 Å². The maximum Gasteiger partial charge on any atom is 0.153 e. The first-order valence-electron chi connectivity index (χ1n) is 4.78. The molecule has 16 heavy (non-hydrogen) atoms. The molecule has 0 saturated carbocycles. The quantitative estimate of drug-likeness (QED) is 0.867. The van der Waals surface area contributed by atoms with Crippen molar-refractivity contribution < 1.29 is 8.42 Å². The first kappa shape index (κ1) is 12.6. The van der Waals surface area contributed by atoms with Gasteiger partial charge in [-0.15, -0.1) is 11.3 Å². The predicted molar refractivity (Wildman–Crippen MR) is 68.3 cm³/mol. The van der Waals surface area contributed by atoms with Gasteiger partial charge in [0.15, 0.2) is 9.84 Å². The Morgan fingerprint density at radius 3 is 2.62 bits per heavy atom. The summed E-state index contributed by atoms with van der Waals surface area (Å²) in [6, 6.07) is 1.43. The SMILES string of the molecule is CC1CS(=O)(=O)CC(c2cc(Cl)sc2Cl)N1. The molecule has 3 nitrogen and oxygen atoms in total. The molecule has 0 amide bonds. The highest BCUT2D eigenvalue weighted by Gasteiger charge is 2.31. The van der Waals surface area contributed by atoms with E-state index in [1.165, 1.54) is 11.3 Å². The van der Waals surface area contributed by atoms with Crippen LogP contribution in [0.2, 0.25) is 8.67 Å². The second-order valence-electron chi connectivity index (χ2n) is 3.98. The van der Waals surface area contributed by atoms with Gasteiger partial charge < -0.3 is 5.32 Å². The van der Waals surface area contributed by atoms with Crippen LogP contribution in [0.3, 0.4) is 0 Å². The van der Waals surface area contributed by atoms with Crippen molar-refractivity contribution in [3.05, 3.63) is 20.3 Å². The molecule has 0 aliphatic carbocycles. The van der Waals surface area contributed by atoms with E-state index in [9.17, 15) is 8.42 Å². The van der Waals surface area contributed by atoms with Crippen LogP contribution in [0.15, 0.2) is 6.07 Å². The Hall–Kier alpha value is 0.190. The molecule has 0 aromatic carbocycles. The molecule has 2 rings (SSSR count). The van der Waals surface area contributed by atoms with Gasteiger partial charge in [-0.1, -0.05) is 23.2 Å². The molecule has 1 saturated heterocycles. The Morgan fingerprint density at radius 1 is 1.44 bits per heavy atom. The van der Waals surface area contributed by atoms with Gasteiger partial charge in [-0.25, -0.2) is 8.42 Å². The Kier molecular flexibility index (Phi) is 3.52. The predicted octanol–water partition coefficient (Wildman–Crippen LogP) is 2.50. The van der Waals surface area contributed by atoms with Crippen LogP contribution >= 0.6 is 34.5 Å². The van der Waals surface area contributed by atoms with Crippen molar-refractivity contribution >= 4 is 44.4 Å². The van der Waals surface area contributed by atoms with Gasteiger partial charge in [-0.05, 0) is 13.0 Å². The van der Waals surface area contributed by atoms with Crippen molar-refractivity contribution in [2.75, 3.05) is 11.5 Å². The number of sulfone groups is 1. The van der Waals surface area contributed by atoms with Gasteiger partial charge in [0.25, 0.3) is 0 Å².